The number of hydrogen-bond donors (Lipinski definition) is 1. The van der Waals surface area contributed by atoms with Crippen molar-refractivity contribution < 1.29 is 17.6 Å². The molecule has 0 aliphatic carbocycles. The van der Waals surface area contributed by atoms with Crippen LogP contribution in [0.15, 0.2) is 18.2 Å². The molecule has 2 rings (SSSR count). The lowest BCUT2D eigenvalue weighted by Crippen LogP contribution is -2.45. The molecule has 0 radical (unpaired) electrons. The number of rotatable bonds is 4. The number of benzene rings is 1. The molecule has 1 saturated heterocycles. The minimum Gasteiger partial charge on any atom is -0.314 e. The van der Waals surface area contributed by atoms with Crippen LogP contribution in [-0.2, 0) is 0 Å². The van der Waals surface area contributed by atoms with Gasteiger partial charge in [-0.1, -0.05) is 17.7 Å². The van der Waals surface area contributed by atoms with Gasteiger partial charge in [0.25, 0.3) is 0 Å². The van der Waals surface area contributed by atoms with E-state index in [1.165, 1.54) is 6.07 Å². The standard InChI is InChI=1S/C15H20F4N2.ClH/c1-11-2-3-13(16)12(10-11)14(4-5-15(17,18)19)21-8-6-20-7-9-21;/h2-3,10,14,20H,4-9H2,1H3;1H/t14-;/m1./s1. The second kappa shape index (κ2) is 8.13. The van der Waals surface area contributed by atoms with Crippen LogP contribution in [0.5, 0.6) is 0 Å². The first-order valence-corrected chi connectivity index (χ1v) is 7.14. The zero-order valence-corrected chi connectivity index (χ0v) is 13.2. The Hall–Kier alpha value is -0.850. The van der Waals surface area contributed by atoms with E-state index in [1.54, 1.807) is 12.1 Å². The molecule has 0 aromatic heterocycles. The van der Waals surface area contributed by atoms with E-state index in [2.05, 4.69) is 5.32 Å². The van der Waals surface area contributed by atoms with Crippen LogP contribution in [0.3, 0.4) is 0 Å². The molecule has 1 aromatic carbocycles. The Labute approximate surface area is 134 Å². The molecule has 1 N–H and O–H groups in total. The highest BCUT2D eigenvalue weighted by Gasteiger charge is 2.32. The summed E-state index contributed by atoms with van der Waals surface area (Å²) in [6.07, 6.45) is -5.22. The summed E-state index contributed by atoms with van der Waals surface area (Å²) in [6.45, 7) is 4.53. The highest BCUT2D eigenvalue weighted by Crippen LogP contribution is 2.33. The van der Waals surface area contributed by atoms with Crippen LogP contribution in [0.1, 0.15) is 30.0 Å². The van der Waals surface area contributed by atoms with Gasteiger partial charge in [-0.3, -0.25) is 4.90 Å². The highest BCUT2D eigenvalue weighted by atomic mass is 35.5. The van der Waals surface area contributed by atoms with E-state index < -0.39 is 24.5 Å². The summed E-state index contributed by atoms with van der Waals surface area (Å²) in [4.78, 5) is 1.94. The molecule has 22 heavy (non-hydrogen) atoms. The summed E-state index contributed by atoms with van der Waals surface area (Å²) >= 11 is 0. The smallest absolute Gasteiger partial charge is 0.314 e. The first-order chi connectivity index (χ1) is 9.87. The summed E-state index contributed by atoms with van der Waals surface area (Å²) in [6, 6.07) is 4.12. The molecule has 1 aromatic rings. The number of piperazine rings is 1. The van der Waals surface area contributed by atoms with Crippen molar-refractivity contribution in [3.63, 3.8) is 0 Å². The number of alkyl halides is 3. The third-order valence-electron chi connectivity index (χ3n) is 3.80. The Morgan fingerprint density at radius 3 is 2.45 bits per heavy atom. The maximum atomic E-state index is 14.1. The van der Waals surface area contributed by atoms with Gasteiger partial charge in [0.15, 0.2) is 0 Å². The molecule has 2 nitrogen and oxygen atoms in total. The number of nitrogens with one attached hydrogen (secondary N) is 1. The average Bonchev–Trinajstić information content (AvgIpc) is 2.43. The van der Waals surface area contributed by atoms with E-state index in [0.29, 0.717) is 18.7 Å². The van der Waals surface area contributed by atoms with Crippen molar-refractivity contribution in [2.45, 2.75) is 32.0 Å². The van der Waals surface area contributed by atoms with Gasteiger partial charge in [-0.25, -0.2) is 4.39 Å². The molecule has 0 spiro atoms. The Morgan fingerprint density at radius 1 is 1.23 bits per heavy atom. The molecule has 0 saturated carbocycles. The molecular weight excluding hydrogens is 320 g/mol. The van der Waals surface area contributed by atoms with Crippen LogP contribution in [-0.4, -0.2) is 37.3 Å². The van der Waals surface area contributed by atoms with E-state index in [4.69, 9.17) is 0 Å². The summed E-state index contributed by atoms with van der Waals surface area (Å²) in [7, 11) is 0. The molecule has 0 amide bonds. The zero-order valence-electron chi connectivity index (χ0n) is 12.4. The van der Waals surface area contributed by atoms with Crippen molar-refractivity contribution in [3.05, 3.63) is 35.1 Å². The predicted octanol–water partition coefficient (Wildman–Crippen LogP) is 3.84. The minimum absolute atomic E-state index is 0. The van der Waals surface area contributed by atoms with Crippen molar-refractivity contribution in [2.75, 3.05) is 26.2 Å². The summed E-state index contributed by atoms with van der Waals surface area (Å²) < 4.78 is 51.7. The Kier molecular flexibility index (Phi) is 7.09. The van der Waals surface area contributed by atoms with Gasteiger partial charge >= 0.3 is 6.18 Å². The Balaban J connectivity index is 0.00000242. The Bertz CT molecular complexity index is 473. The molecule has 1 atom stereocenters. The number of hydrogen-bond acceptors (Lipinski definition) is 2. The van der Waals surface area contributed by atoms with E-state index in [0.717, 1.165) is 18.7 Å². The van der Waals surface area contributed by atoms with E-state index >= 15 is 0 Å². The summed E-state index contributed by atoms with van der Waals surface area (Å²) in [5.41, 5.74) is 1.24. The fourth-order valence-electron chi connectivity index (χ4n) is 2.75. The van der Waals surface area contributed by atoms with Gasteiger partial charge < -0.3 is 5.32 Å². The second-order valence-electron chi connectivity index (χ2n) is 5.48. The lowest BCUT2D eigenvalue weighted by Gasteiger charge is -2.35. The molecule has 7 heteroatoms. The van der Waals surface area contributed by atoms with Crippen molar-refractivity contribution in [1.29, 1.82) is 0 Å². The molecule has 1 heterocycles. The monoisotopic (exact) mass is 340 g/mol. The molecule has 126 valence electrons. The lowest BCUT2D eigenvalue weighted by atomic mass is 9.97. The largest absolute Gasteiger partial charge is 0.389 e. The van der Waals surface area contributed by atoms with Gasteiger partial charge in [-0.2, -0.15) is 13.2 Å². The minimum atomic E-state index is -4.22. The lowest BCUT2D eigenvalue weighted by molar-refractivity contribution is -0.138. The Morgan fingerprint density at radius 2 is 1.86 bits per heavy atom. The fraction of sp³-hybridized carbons (Fsp3) is 0.600. The maximum absolute atomic E-state index is 14.1. The van der Waals surface area contributed by atoms with Gasteiger partial charge in [0.1, 0.15) is 5.82 Å². The SMILES string of the molecule is Cc1ccc(F)c([C@@H](CCC(F)(F)F)N2CCNCC2)c1.Cl. The first kappa shape index (κ1) is 19.2. The van der Waals surface area contributed by atoms with E-state index in [-0.39, 0.29) is 18.8 Å². The van der Waals surface area contributed by atoms with Crippen molar-refractivity contribution in [1.82, 2.24) is 10.2 Å². The summed E-state index contributed by atoms with van der Waals surface area (Å²) in [5.74, 6) is -0.425. The van der Waals surface area contributed by atoms with E-state index in [9.17, 15) is 17.6 Å². The van der Waals surface area contributed by atoms with Crippen molar-refractivity contribution >= 4 is 12.4 Å². The molecular formula is C15H21ClF4N2. The number of nitrogens with zero attached hydrogens (tertiary/aromatic N) is 1. The van der Waals surface area contributed by atoms with E-state index in [1.807, 2.05) is 11.8 Å². The molecule has 1 aliphatic rings. The van der Waals surface area contributed by atoms with Crippen molar-refractivity contribution in [2.24, 2.45) is 0 Å². The zero-order chi connectivity index (χ0) is 15.5. The quantitative estimate of drug-likeness (QED) is 0.838. The molecule has 0 unspecified atom stereocenters. The molecule has 1 aliphatic heterocycles. The third kappa shape index (κ3) is 5.41. The normalized spacial score (nSPS) is 17.9. The van der Waals surface area contributed by atoms with Gasteiger partial charge in [-0.05, 0) is 19.4 Å². The van der Waals surface area contributed by atoms with Gasteiger partial charge in [0.05, 0.1) is 0 Å². The number of aryl methyl sites for hydroxylation is 1. The van der Waals surface area contributed by atoms with Crippen molar-refractivity contribution in [3.8, 4) is 0 Å². The van der Waals surface area contributed by atoms with Crippen LogP contribution in [0.4, 0.5) is 17.6 Å². The van der Waals surface area contributed by atoms with Gasteiger partial charge in [0, 0.05) is 44.2 Å². The first-order valence-electron chi connectivity index (χ1n) is 7.14. The predicted molar refractivity (Wildman–Crippen MR) is 80.9 cm³/mol. The van der Waals surface area contributed by atoms with Gasteiger partial charge in [-0.15, -0.1) is 12.4 Å². The van der Waals surface area contributed by atoms with Crippen LogP contribution < -0.4 is 5.32 Å². The van der Waals surface area contributed by atoms with Crippen LogP contribution >= 0.6 is 12.4 Å². The van der Waals surface area contributed by atoms with Crippen LogP contribution in [0.25, 0.3) is 0 Å². The second-order valence-corrected chi connectivity index (χ2v) is 5.48. The average molecular weight is 341 g/mol. The van der Waals surface area contributed by atoms with Crippen LogP contribution in [0.2, 0.25) is 0 Å². The highest BCUT2D eigenvalue weighted by molar-refractivity contribution is 5.85. The summed E-state index contributed by atoms with van der Waals surface area (Å²) in [5, 5.41) is 3.16. The molecule has 0 bridgehead atoms. The fourth-order valence-corrected chi connectivity index (χ4v) is 2.75. The maximum Gasteiger partial charge on any atom is 0.389 e. The third-order valence-corrected chi connectivity index (χ3v) is 3.80. The topological polar surface area (TPSA) is 15.3 Å². The van der Waals surface area contributed by atoms with Crippen LogP contribution in [0, 0.1) is 12.7 Å². The molecule has 1 fully saturated rings. The number of halogens is 5. The van der Waals surface area contributed by atoms with Gasteiger partial charge in [0.2, 0.25) is 0 Å².